The van der Waals surface area contributed by atoms with E-state index in [1.165, 1.54) is 0 Å². The standard InChI is InChI=1S/C25H35N3O6S/c1-3-18(19-10-14-22(15-11-19)34-17-28-25(26)27)16-23(35(30,31)32)6-5-7-24(33-4-2)20-8-12-21(29)13-9-20/h5,7-15,18,23-24,29H,3-4,6,16-17H2,1-2H3,(H4,26,27,28)(H,30,31,32)/t18-,23-,24+/m0/s1. The summed E-state index contributed by atoms with van der Waals surface area (Å²) in [6.45, 7) is 4.30. The number of allylic oxidation sites excluding steroid dienone is 1. The molecule has 3 atom stereocenters. The summed E-state index contributed by atoms with van der Waals surface area (Å²) >= 11 is 0. The van der Waals surface area contributed by atoms with Crippen LogP contribution < -0.4 is 16.2 Å². The van der Waals surface area contributed by atoms with Gasteiger partial charge in [-0.25, -0.2) is 4.99 Å². The van der Waals surface area contributed by atoms with E-state index in [0.29, 0.717) is 18.8 Å². The Morgan fingerprint density at radius 2 is 1.69 bits per heavy atom. The van der Waals surface area contributed by atoms with E-state index in [1.54, 1.807) is 48.6 Å². The number of nitrogens with zero attached hydrogens (tertiary/aromatic N) is 1. The second kappa shape index (κ2) is 13.7. The molecule has 0 aliphatic carbocycles. The average Bonchev–Trinajstić information content (AvgIpc) is 2.81. The molecule has 0 spiro atoms. The average molecular weight is 506 g/mol. The van der Waals surface area contributed by atoms with Crippen molar-refractivity contribution in [3.8, 4) is 11.5 Å². The molecule has 0 aromatic heterocycles. The van der Waals surface area contributed by atoms with E-state index in [1.807, 2.05) is 26.0 Å². The number of benzene rings is 2. The fraction of sp³-hybridized carbons (Fsp3) is 0.400. The lowest BCUT2D eigenvalue weighted by Gasteiger charge is -2.21. The van der Waals surface area contributed by atoms with Gasteiger partial charge in [-0.1, -0.05) is 43.3 Å². The molecule has 0 amide bonds. The third-order valence-corrected chi connectivity index (χ3v) is 6.80. The first-order valence-electron chi connectivity index (χ1n) is 11.5. The Balaban J connectivity index is 2.10. The minimum atomic E-state index is -4.28. The zero-order valence-electron chi connectivity index (χ0n) is 20.1. The van der Waals surface area contributed by atoms with Gasteiger partial charge in [0.1, 0.15) is 17.6 Å². The van der Waals surface area contributed by atoms with E-state index in [2.05, 4.69) is 4.99 Å². The molecule has 0 aliphatic rings. The van der Waals surface area contributed by atoms with Gasteiger partial charge in [-0.3, -0.25) is 4.55 Å². The van der Waals surface area contributed by atoms with E-state index in [9.17, 15) is 18.1 Å². The van der Waals surface area contributed by atoms with Gasteiger partial charge in [0, 0.05) is 6.61 Å². The number of rotatable bonds is 14. The Bertz CT molecular complexity index is 1070. The topological polar surface area (TPSA) is 157 Å². The number of hydrogen-bond acceptors (Lipinski definition) is 6. The predicted octanol–water partition coefficient (Wildman–Crippen LogP) is 3.87. The third-order valence-electron chi connectivity index (χ3n) is 5.57. The molecule has 2 aromatic carbocycles. The quantitative estimate of drug-likeness (QED) is 0.130. The highest BCUT2D eigenvalue weighted by molar-refractivity contribution is 7.86. The molecule has 0 aliphatic heterocycles. The maximum absolute atomic E-state index is 12.2. The van der Waals surface area contributed by atoms with E-state index in [-0.39, 0.29) is 37.2 Å². The molecule has 2 aromatic rings. The molecule has 10 heteroatoms. The van der Waals surface area contributed by atoms with Crippen molar-refractivity contribution in [1.29, 1.82) is 0 Å². The molecule has 0 fully saturated rings. The van der Waals surface area contributed by atoms with Crippen LogP contribution in [0.1, 0.15) is 56.3 Å². The van der Waals surface area contributed by atoms with Crippen molar-refractivity contribution in [2.45, 2.75) is 50.4 Å². The Morgan fingerprint density at radius 1 is 1.06 bits per heavy atom. The van der Waals surface area contributed by atoms with Crippen molar-refractivity contribution < 1.29 is 27.6 Å². The molecule has 0 bridgehead atoms. The van der Waals surface area contributed by atoms with Crippen LogP contribution in [0.5, 0.6) is 11.5 Å². The summed E-state index contributed by atoms with van der Waals surface area (Å²) in [4.78, 5) is 3.76. The minimum absolute atomic E-state index is 0.00291. The summed E-state index contributed by atoms with van der Waals surface area (Å²) in [7, 11) is -4.28. The Kier molecular flexibility index (Phi) is 11.0. The summed E-state index contributed by atoms with van der Waals surface area (Å²) in [5.74, 6) is 0.591. The van der Waals surface area contributed by atoms with Crippen LogP contribution in [-0.2, 0) is 14.9 Å². The lowest BCUT2D eigenvalue weighted by molar-refractivity contribution is 0.0965. The molecular formula is C25H35N3O6S. The SMILES string of the molecule is CCO[C@H](C=CC[C@@H](C[C@H](CC)c1ccc(OCN=C(N)N)cc1)S(=O)(=O)O)c1ccc(O)cc1. The Hall–Kier alpha value is -3.08. The van der Waals surface area contributed by atoms with E-state index in [4.69, 9.17) is 20.9 Å². The summed E-state index contributed by atoms with van der Waals surface area (Å²) < 4.78 is 45.4. The number of phenols is 1. The zero-order valence-corrected chi connectivity index (χ0v) is 20.9. The summed E-state index contributed by atoms with van der Waals surface area (Å²) in [6, 6.07) is 13.9. The van der Waals surface area contributed by atoms with Crippen LogP contribution in [0, 0.1) is 0 Å². The van der Waals surface area contributed by atoms with Crippen LogP contribution in [0.2, 0.25) is 0 Å². The molecule has 0 heterocycles. The molecule has 9 nitrogen and oxygen atoms in total. The fourth-order valence-corrected chi connectivity index (χ4v) is 4.50. The normalized spacial score (nSPS) is 14.4. The van der Waals surface area contributed by atoms with Crippen molar-refractivity contribution in [3.63, 3.8) is 0 Å². The van der Waals surface area contributed by atoms with Crippen LogP contribution in [-0.4, -0.2) is 42.6 Å². The summed E-state index contributed by atoms with van der Waals surface area (Å²) in [5, 5.41) is 8.54. The number of hydrogen-bond donors (Lipinski definition) is 4. The monoisotopic (exact) mass is 505 g/mol. The third kappa shape index (κ3) is 9.59. The highest BCUT2D eigenvalue weighted by atomic mass is 32.2. The second-order valence-corrected chi connectivity index (χ2v) is 9.73. The van der Waals surface area contributed by atoms with E-state index >= 15 is 0 Å². The molecule has 0 radical (unpaired) electrons. The van der Waals surface area contributed by atoms with Crippen LogP contribution >= 0.6 is 0 Å². The largest absolute Gasteiger partial charge is 0.508 e. The first-order valence-corrected chi connectivity index (χ1v) is 13.0. The molecule has 6 N–H and O–H groups in total. The van der Waals surface area contributed by atoms with E-state index < -0.39 is 21.5 Å². The number of nitrogens with two attached hydrogens (primary N) is 2. The Labute approximate surface area is 207 Å². The lowest BCUT2D eigenvalue weighted by atomic mass is 9.91. The zero-order chi connectivity index (χ0) is 25.8. The van der Waals surface area contributed by atoms with Crippen LogP contribution in [0.3, 0.4) is 0 Å². The van der Waals surface area contributed by atoms with Crippen molar-refractivity contribution in [1.82, 2.24) is 0 Å². The van der Waals surface area contributed by atoms with Crippen molar-refractivity contribution >= 4 is 16.1 Å². The van der Waals surface area contributed by atoms with Crippen LogP contribution in [0.15, 0.2) is 65.7 Å². The first-order chi connectivity index (χ1) is 16.6. The number of aromatic hydroxyl groups is 1. The number of aliphatic imine (C=N–C) groups is 1. The molecule has 0 saturated carbocycles. The maximum atomic E-state index is 12.2. The molecule has 0 unspecified atom stereocenters. The molecule has 192 valence electrons. The van der Waals surface area contributed by atoms with Gasteiger partial charge in [-0.15, -0.1) is 0 Å². The number of ether oxygens (including phenoxy) is 2. The van der Waals surface area contributed by atoms with Gasteiger partial charge in [0.25, 0.3) is 10.1 Å². The van der Waals surface area contributed by atoms with E-state index in [0.717, 1.165) is 11.1 Å². The number of guanidine groups is 1. The van der Waals surface area contributed by atoms with Gasteiger partial charge >= 0.3 is 0 Å². The highest BCUT2D eigenvalue weighted by Crippen LogP contribution is 2.30. The first kappa shape index (κ1) is 28.2. The fourth-order valence-electron chi connectivity index (χ4n) is 3.67. The lowest BCUT2D eigenvalue weighted by Crippen LogP contribution is -2.23. The van der Waals surface area contributed by atoms with Crippen molar-refractivity contribution in [3.05, 3.63) is 71.8 Å². The second-order valence-electron chi connectivity index (χ2n) is 8.03. The summed E-state index contributed by atoms with van der Waals surface area (Å²) in [5.41, 5.74) is 12.3. The van der Waals surface area contributed by atoms with Gasteiger partial charge in [0.2, 0.25) is 0 Å². The van der Waals surface area contributed by atoms with Crippen molar-refractivity contribution in [2.75, 3.05) is 13.3 Å². The van der Waals surface area contributed by atoms with Gasteiger partial charge in [-0.05, 0) is 67.5 Å². The molecular weight excluding hydrogens is 470 g/mol. The van der Waals surface area contributed by atoms with Crippen LogP contribution in [0.4, 0.5) is 0 Å². The van der Waals surface area contributed by atoms with Crippen molar-refractivity contribution in [2.24, 2.45) is 16.5 Å². The number of phenolic OH excluding ortho intramolecular Hbond substituents is 1. The van der Waals surface area contributed by atoms with Gasteiger partial charge < -0.3 is 26.0 Å². The molecule has 2 rings (SSSR count). The van der Waals surface area contributed by atoms with Gasteiger partial charge in [0.15, 0.2) is 12.7 Å². The predicted molar refractivity (Wildman–Crippen MR) is 137 cm³/mol. The Morgan fingerprint density at radius 3 is 2.23 bits per heavy atom. The van der Waals surface area contributed by atoms with Gasteiger partial charge in [0.05, 0.1) is 5.25 Å². The minimum Gasteiger partial charge on any atom is -0.508 e. The highest BCUT2D eigenvalue weighted by Gasteiger charge is 2.26. The van der Waals surface area contributed by atoms with Gasteiger partial charge in [-0.2, -0.15) is 8.42 Å². The molecule has 35 heavy (non-hydrogen) atoms. The maximum Gasteiger partial charge on any atom is 0.268 e. The molecule has 0 saturated heterocycles. The smallest absolute Gasteiger partial charge is 0.268 e. The summed E-state index contributed by atoms with van der Waals surface area (Å²) in [6.07, 6.45) is 4.19. The van der Waals surface area contributed by atoms with Crippen LogP contribution in [0.25, 0.3) is 0 Å².